The van der Waals surface area contributed by atoms with Crippen molar-refractivity contribution < 1.29 is 23.8 Å². The lowest BCUT2D eigenvalue weighted by Gasteiger charge is -2.27. The summed E-state index contributed by atoms with van der Waals surface area (Å²) < 4.78 is 25.9. The number of carboxylic acids is 1. The number of ether oxygens (including phenoxy) is 2. The van der Waals surface area contributed by atoms with Gasteiger partial charge in [-0.25, -0.2) is 9.37 Å². The van der Waals surface area contributed by atoms with Gasteiger partial charge in [0.2, 0.25) is 5.88 Å². The van der Waals surface area contributed by atoms with Gasteiger partial charge in [-0.2, -0.15) is 0 Å². The molecule has 1 aromatic carbocycles. The summed E-state index contributed by atoms with van der Waals surface area (Å²) in [5, 5.41) is 9.36. The quantitative estimate of drug-likeness (QED) is 0.516. The molecule has 0 saturated carbocycles. The van der Waals surface area contributed by atoms with Crippen LogP contribution >= 0.6 is 0 Å². The Morgan fingerprint density at radius 3 is 2.76 bits per heavy atom. The molecular formula is C26H28FN3O4. The second-order valence-corrected chi connectivity index (χ2v) is 8.58. The number of aromatic nitrogens is 3. The average molecular weight is 466 g/mol. The molecule has 0 radical (unpaired) electrons. The molecule has 8 heteroatoms. The van der Waals surface area contributed by atoms with Gasteiger partial charge in [-0.3, -0.25) is 14.8 Å². The standard InChI is InChI=1S/C26H28FN3O4/c1-5-20-25(18-11-24(33-4)28-12-19(18)27)29-13-21(30-20)22-9-8-16-6-7-17(10-23(16)34-22)14(2)15(3)26(31)32/h6-7,10-15,22H,5,8-9H2,1-4H3,(H,31,32)/t14-,15+,22?/m1/s1. The van der Waals surface area contributed by atoms with Gasteiger partial charge in [0.25, 0.3) is 0 Å². The van der Waals surface area contributed by atoms with E-state index in [1.807, 2.05) is 32.0 Å². The van der Waals surface area contributed by atoms with Crippen LogP contribution in [-0.2, 0) is 17.6 Å². The summed E-state index contributed by atoms with van der Waals surface area (Å²) in [5.74, 6) is -0.918. The number of fused-ring (bicyclic) bond motifs is 1. The van der Waals surface area contributed by atoms with Crippen LogP contribution in [0.15, 0.2) is 36.7 Å². The monoisotopic (exact) mass is 465 g/mol. The van der Waals surface area contributed by atoms with Crippen LogP contribution in [0.25, 0.3) is 11.3 Å². The molecule has 1 unspecified atom stereocenters. The van der Waals surface area contributed by atoms with E-state index in [2.05, 4.69) is 9.97 Å². The topological polar surface area (TPSA) is 94.4 Å². The molecule has 0 saturated heterocycles. The molecular weight excluding hydrogens is 437 g/mol. The van der Waals surface area contributed by atoms with Crippen molar-refractivity contribution in [3.8, 4) is 22.9 Å². The van der Waals surface area contributed by atoms with Crippen molar-refractivity contribution in [1.82, 2.24) is 15.0 Å². The number of hydrogen-bond acceptors (Lipinski definition) is 6. The molecule has 34 heavy (non-hydrogen) atoms. The van der Waals surface area contributed by atoms with Crippen molar-refractivity contribution in [1.29, 1.82) is 0 Å². The van der Waals surface area contributed by atoms with Crippen LogP contribution in [0.4, 0.5) is 4.39 Å². The number of pyridine rings is 1. The van der Waals surface area contributed by atoms with E-state index in [9.17, 15) is 14.3 Å². The predicted molar refractivity (Wildman–Crippen MR) is 124 cm³/mol. The van der Waals surface area contributed by atoms with Crippen LogP contribution < -0.4 is 9.47 Å². The highest BCUT2D eigenvalue weighted by Gasteiger charge is 2.27. The summed E-state index contributed by atoms with van der Waals surface area (Å²) in [7, 11) is 1.48. The highest BCUT2D eigenvalue weighted by atomic mass is 19.1. The Morgan fingerprint density at radius 1 is 1.26 bits per heavy atom. The van der Waals surface area contributed by atoms with Crippen molar-refractivity contribution in [3.05, 3.63) is 65.0 Å². The average Bonchev–Trinajstić information content (AvgIpc) is 2.87. The van der Waals surface area contributed by atoms with Gasteiger partial charge in [-0.05, 0) is 42.4 Å². The lowest BCUT2D eigenvalue weighted by Crippen LogP contribution is -2.19. The van der Waals surface area contributed by atoms with E-state index in [0.29, 0.717) is 34.9 Å². The third kappa shape index (κ3) is 4.58. The second-order valence-electron chi connectivity index (χ2n) is 8.58. The molecule has 3 heterocycles. The first-order chi connectivity index (χ1) is 16.3. The molecule has 0 spiro atoms. The molecule has 0 amide bonds. The van der Waals surface area contributed by atoms with Gasteiger partial charge >= 0.3 is 5.97 Å². The molecule has 1 aliphatic rings. The fourth-order valence-electron chi connectivity index (χ4n) is 4.16. The summed E-state index contributed by atoms with van der Waals surface area (Å²) in [6.45, 7) is 5.56. The number of carbonyl (C=O) groups is 1. The summed E-state index contributed by atoms with van der Waals surface area (Å²) >= 11 is 0. The van der Waals surface area contributed by atoms with Gasteiger partial charge in [0.15, 0.2) is 5.82 Å². The number of aliphatic carboxylic acids is 1. The lowest BCUT2D eigenvalue weighted by atomic mass is 9.87. The number of benzene rings is 1. The first-order valence-corrected chi connectivity index (χ1v) is 11.4. The van der Waals surface area contributed by atoms with Crippen LogP contribution in [0.1, 0.15) is 61.7 Å². The van der Waals surface area contributed by atoms with Crippen LogP contribution in [-0.4, -0.2) is 33.1 Å². The Kier molecular flexibility index (Phi) is 6.77. The molecule has 0 fully saturated rings. The van der Waals surface area contributed by atoms with Crippen molar-refractivity contribution >= 4 is 5.97 Å². The molecule has 4 rings (SSSR count). The molecule has 0 aliphatic carbocycles. The number of hydrogen-bond donors (Lipinski definition) is 1. The molecule has 1 N–H and O–H groups in total. The van der Waals surface area contributed by atoms with Gasteiger partial charge < -0.3 is 14.6 Å². The number of rotatable bonds is 7. The van der Waals surface area contributed by atoms with Crippen LogP contribution in [0.2, 0.25) is 0 Å². The van der Waals surface area contributed by atoms with Crippen molar-refractivity contribution in [3.63, 3.8) is 0 Å². The first kappa shape index (κ1) is 23.6. The van der Waals surface area contributed by atoms with E-state index in [0.717, 1.165) is 35.9 Å². The smallest absolute Gasteiger partial charge is 0.306 e. The lowest BCUT2D eigenvalue weighted by molar-refractivity contribution is -0.141. The van der Waals surface area contributed by atoms with Crippen molar-refractivity contribution in [2.24, 2.45) is 5.92 Å². The van der Waals surface area contributed by atoms with E-state index in [4.69, 9.17) is 14.5 Å². The van der Waals surface area contributed by atoms with E-state index in [-0.39, 0.29) is 12.0 Å². The highest BCUT2D eigenvalue weighted by Crippen LogP contribution is 2.38. The Labute approximate surface area is 198 Å². The van der Waals surface area contributed by atoms with Gasteiger partial charge in [-0.15, -0.1) is 0 Å². The second kappa shape index (κ2) is 9.75. The SMILES string of the molecule is CCc1nc(C2CCc3ccc([C@H](C)[C@H](C)C(=O)O)cc3O2)cnc1-c1cc(OC)ncc1F. The molecule has 3 atom stereocenters. The van der Waals surface area contributed by atoms with Gasteiger partial charge in [0.1, 0.15) is 11.9 Å². The molecule has 2 aromatic heterocycles. The van der Waals surface area contributed by atoms with E-state index in [1.165, 1.54) is 13.2 Å². The minimum atomic E-state index is -0.824. The van der Waals surface area contributed by atoms with E-state index >= 15 is 0 Å². The van der Waals surface area contributed by atoms with E-state index in [1.54, 1.807) is 13.1 Å². The maximum absolute atomic E-state index is 14.5. The zero-order valence-electron chi connectivity index (χ0n) is 19.7. The molecule has 1 aliphatic heterocycles. The van der Waals surface area contributed by atoms with Crippen LogP contribution in [0, 0.1) is 11.7 Å². The molecule has 3 aromatic rings. The Morgan fingerprint density at radius 2 is 2.06 bits per heavy atom. The minimum absolute atomic E-state index is 0.148. The molecule has 178 valence electrons. The number of methoxy groups -OCH3 is 1. The van der Waals surface area contributed by atoms with Gasteiger partial charge in [0, 0.05) is 11.6 Å². The number of carboxylic acid groups (broad SMARTS) is 1. The zero-order chi connectivity index (χ0) is 24.4. The van der Waals surface area contributed by atoms with Gasteiger partial charge in [0.05, 0.1) is 42.5 Å². The summed E-state index contributed by atoms with van der Waals surface area (Å²) in [6, 6.07) is 7.45. The largest absolute Gasteiger partial charge is 0.484 e. The fourth-order valence-corrected chi connectivity index (χ4v) is 4.16. The van der Waals surface area contributed by atoms with Crippen LogP contribution in [0.5, 0.6) is 11.6 Å². The summed E-state index contributed by atoms with van der Waals surface area (Å²) in [6.07, 6.45) is 4.58. The zero-order valence-corrected chi connectivity index (χ0v) is 19.7. The maximum Gasteiger partial charge on any atom is 0.306 e. The number of aryl methyl sites for hydroxylation is 2. The van der Waals surface area contributed by atoms with Gasteiger partial charge in [-0.1, -0.05) is 32.9 Å². The third-order valence-corrected chi connectivity index (χ3v) is 6.52. The maximum atomic E-state index is 14.5. The number of halogens is 1. The Balaban J connectivity index is 1.62. The van der Waals surface area contributed by atoms with Crippen LogP contribution in [0.3, 0.4) is 0 Å². The van der Waals surface area contributed by atoms with E-state index < -0.39 is 17.7 Å². The fraction of sp³-hybridized carbons (Fsp3) is 0.385. The van der Waals surface area contributed by atoms with Crippen molar-refractivity contribution in [2.45, 2.75) is 52.1 Å². The predicted octanol–water partition coefficient (Wildman–Crippen LogP) is 5.14. The Hall–Kier alpha value is -3.55. The molecule has 7 nitrogen and oxygen atoms in total. The highest BCUT2D eigenvalue weighted by molar-refractivity contribution is 5.71. The Bertz CT molecular complexity index is 1220. The minimum Gasteiger partial charge on any atom is -0.484 e. The number of nitrogens with zero attached hydrogens (tertiary/aromatic N) is 3. The molecule has 0 bridgehead atoms. The summed E-state index contributed by atoms with van der Waals surface area (Å²) in [4.78, 5) is 24.6. The first-order valence-electron chi connectivity index (χ1n) is 11.4. The summed E-state index contributed by atoms with van der Waals surface area (Å²) in [5.41, 5.74) is 4.11. The normalized spacial score (nSPS) is 16.8. The van der Waals surface area contributed by atoms with Crippen molar-refractivity contribution in [2.75, 3.05) is 7.11 Å². The third-order valence-electron chi connectivity index (χ3n) is 6.52.